The van der Waals surface area contributed by atoms with Crippen LogP contribution in [0.5, 0.6) is 0 Å². The highest BCUT2D eigenvalue weighted by Gasteiger charge is 2.15. The number of nitrogens with one attached hydrogen (secondary N) is 2. The van der Waals surface area contributed by atoms with E-state index in [0.29, 0.717) is 31.3 Å². The van der Waals surface area contributed by atoms with Crippen molar-refractivity contribution in [2.45, 2.75) is 32.5 Å². The van der Waals surface area contributed by atoms with Crippen LogP contribution in [0.3, 0.4) is 0 Å². The van der Waals surface area contributed by atoms with Crippen LogP contribution in [0.25, 0.3) is 10.8 Å². The molecule has 1 aliphatic heterocycles. The van der Waals surface area contributed by atoms with Crippen molar-refractivity contribution in [3.05, 3.63) is 59.4 Å². The Kier molecular flexibility index (Phi) is 4.62. The average molecular weight is 353 g/mol. The molecular formula is C19H20FN5O. The number of rotatable bonds is 5. The summed E-state index contributed by atoms with van der Waals surface area (Å²) in [6.07, 6.45) is 0.909. The molecule has 1 aromatic heterocycles. The molecule has 6 nitrogen and oxygen atoms in total. The Bertz CT molecular complexity index is 952. The number of aromatic nitrogens is 3. The molecule has 0 spiro atoms. The predicted molar refractivity (Wildman–Crippen MR) is 95.8 cm³/mol. The third-order valence-corrected chi connectivity index (χ3v) is 4.73. The normalized spacial score (nSPS) is 13.6. The van der Waals surface area contributed by atoms with Crippen LogP contribution in [0.4, 0.5) is 4.39 Å². The van der Waals surface area contributed by atoms with Crippen LogP contribution >= 0.6 is 0 Å². The molecule has 0 unspecified atom stereocenters. The maximum atomic E-state index is 13.9. The number of aryl methyl sites for hydroxylation is 1. The van der Waals surface area contributed by atoms with Crippen LogP contribution in [-0.2, 0) is 30.8 Å². The topological polar surface area (TPSA) is 71.8 Å². The Morgan fingerprint density at radius 2 is 2.04 bits per heavy atom. The van der Waals surface area contributed by atoms with Gasteiger partial charge in [0.2, 0.25) is 5.91 Å². The number of amides is 1. The molecule has 4 rings (SSSR count). The third kappa shape index (κ3) is 3.30. The minimum absolute atomic E-state index is 0.0512. The summed E-state index contributed by atoms with van der Waals surface area (Å²) in [5, 5.41) is 15.9. The van der Waals surface area contributed by atoms with Crippen molar-refractivity contribution in [3.8, 4) is 0 Å². The number of halogens is 1. The maximum absolute atomic E-state index is 13.9. The fraction of sp³-hybridized carbons (Fsp3) is 0.316. The lowest BCUT2D eigenvalue weighted by Crippen LogP contribution is -2.31. The van der Waals surface area contributed by atoms with E-state index in [-0.39, 0.29) is 11.7 Å². The molecule has 0 bridgehead atoms. The van der Waals surface area contributed by atoms with Crippen molar-refractivity contribution in [1.82, 2.24) is 25.4 Å². The molecule has 0 atom stereocenters. The molecule has 26 heavy (non-hydrogen) atoms. The first-order valence-corrected chi connectivity index (χ1v) is 8.77. The predicted octanol–water partition coefficient (Wildman–Crippen LogP) is 1.92. The summed E-state index contributed by atoms with van der Waals surface area (Å²) in [7, 11) is 0. The highest BCUT2D eigenvalue weighted by Crippen LogP contribution is 2.22. The molecule has 0 radical (unpaired) electrons. The van der Waals surface area contributed by atoms with Gasteiger partial charge in [0, 0.05) is 24.9 Å². The molecule has 3 aromatic rings. The zero-order chi connectivity index (χ0) is 17.9. The standard InChI is InChI=1S/C19H20FN5O/c20-16-7-5-13(14-3-1-2-4-15(14)16)6-8-19(26)22-12-18-24-23-17-11-21-9-10-25(17)18/h1-5,7,21H,6,8-12H2,(H,22,26). The van der Waals surface area contributed by atoms with Gasteiger partial charge >= 0.3 is 0 Å². The van der Waals surface area contributed by atoms with Gasteiger partial charge in [-0.05, 0) is 23.4 Å². The Hall–Kier alpha value is -2.80. The molecule has 7 heteroatoms. The minimum atomic E-state index is -0.236. The van der Waals surface area contributed by atoms with E-state index < -0.39 is 0 Å². The fourth-order valence-corrected chi connectivity index (χ4v) is 3.34. The van der Waals surface area contributed by atoms with Crippen molar-refractivity contribution in [1.29, 1.82) is 0 Å². The monoisotopic (exact) mass is 353 g/mol. The first kappa shape index (κ1) is 16.7. The molecule has 1 amide bonds. The summed E-state index contributed by atoms with van der Waals surface area (Å²) in [6.45, 7) is 2.77. The first-order chi connectivity index (χ1) is 12.7. The van der Waals surface area contributed by atoms with Crippen LogP contribution in [0.1, 0.15) is 23.6 Å². The van der Waals surface area contributed by atoms with Gasteiger partial charge in [-0.1, -0.05) is 30.3 Å². The summed E-state index contributed by atoms with van der Waals surface area (Å²) < 4.78 is 15.9. The fourth-order valence-electron chi connectivity index (χ4n) is 3.34. The smallest absolute Gasteiger partial charge is 0.220 e. The highest BCUT2D eigenvalue weighted by atomic mass is 19.1. The van der Waals surface area contributed by atoms with Crippen molar-refractivity contribution < 1.29 is 9.18 Å². The van der Waals surface area contributed by atoms with Gasteiger partial charge in [0.05, 0.1) is 13.1 Å². The van der Waals surface area contributed by atoms with Gasteiger partial charge in [-0.25, -0.2) is 4.39 Å². The molecule has 0 saturated carbocycles. The van der Waals surface area contributed by atoms with Gasteiger partial charge in [0.15, 0.2) is 5.82 Å². The van der Waals surface area contributed by atoms with Crippen LogP contribution in [0, 0.1) is 5.82 Å². The number of fused-ring (bicyclic) bond motifs is 2. The van der Waals surface area contributed by atoms with E-state index in [4.69, 9.17) is 0 Å². The molecule has 2 aromatic carbocycles. The minimum Gasteiger partial charge on any atom is -0.349 e. The second-order valence-corrected chi connectivity index (χ2v) is 6.39. The zero-order valence-electron chi connectivity index (χ0n) is 14.3. The Balaban J connectivity index is 1.38. The number of carbonyl (C=O) groups excluding carboxylic acids is 1. The zero-order valence-corrected chi connectivity index (χ0v) is 14.3. The molecule has 134 valence electrons. The lowest BCUT2D eigenvalue weighted by Gasteiger charge is -2.16. The largest absolute Gasteiger partial charge is 0.349 e. The maximum Gasteiger partial charge on any atom is 0.220 e. The molecule has 2 heterocycles. The van der Waals surface area contributed by atoms with Crippen LogP contribution < -0.4 is 10.6 Å². The molecule has 0 fully saturated rings. The number of nitrogens with zero attached hydrogens (tertiary/aromatic N) is 3. The molecule has 0 saturated heterocycles. The second-order valence-electron chi connectivity index (χ2n) is 6.39. The quantitative estimate of drug-likeness (QED) is 0.735. The van der Waals surface area contributed by atoms with E-state index in [1.54, 1.807) is 12.1 Å². The number of hydrogen-bond acceptors (Lipinski definition) is 4. The van der Waals surface area contributed by atoms with E-state index in [1.807, 2.05) is 22.8 Å². The Morgan fingerprint density at radius 1 is 1.19 bits per heavy atom. The van der Waals surface area contributed by atoms with Crippen molar-refractivity contribution in [3.63, 3.8) is 0 Å². The van der Waals surface area contributed by atoms with Gasteiger partial charge < -0.3 is 15.2 Å². The van der Waals surface area contributed by atoms with E-state index in [2.05, 4.69) is 20.8 Å². The third-order valence-electron chi connectivity index (χ3n) is 4.73. The number of benzene rings is 2. The highest BCUT2D eigenvalue weighted by molar-refractivity contribution is 5.87. The summed E-state index contributed by atoms with van der Waals surface area (Å²) in [6, 6.07) is 10.6. The van der Waals surface area contributed by atoms with E-state index in [9.17, 15) is 9.18 Å². The summed E-state index contributed by atoms with van der Waals surface area (Å²) in [5.41, 5.74) is 0.975. The van der Waals surface area contributed by atoms with E-state index in [0.717, 1.165) is 35.7 Å². The molecule has 2 N–H and O–H groups in total. The van der Waals surface area contributed by atoms with E-state index >= 15 is 0 Å². The molecular weight excluding hydrogens is 333 g/mol. The van der Waals surface area contributed by atoms with Crippen molar-refractivity contribution in [2.75, 3.05) is 6.54 Å². The van der Waals surface area contributed by atoms with Gasteiger partial charge in [0.25, 0.3) is 0 Å². The van der Waals surface area contributed by atoms with Crippen LogP contribution in [0.2, 0.25) is 0 Å². The van der Waals surface area contributed by atoms with Gasteiger partial charge in [-0.15, -0.1) is 10.2 Å². The first-order valence-electron chi connectivity index (χ1n) is 8.77. The summed E-state index contributed by atoms with van der Waals surface area (Å²) >= 11 is 0. The Morgan fingerprint density at radius 3 is 2.92 bits per heavy atom. The SMILES string of the molecule is O=C(CCc1ccc(F)c2ccccc12)NCc1nnc2n1CCNC2. The van der Waals surface area contributed by atoms with Crippen molar-refractivity contribution in [2.24, 2.45) is 0 Å². The lowest BCUT2D eigenvalue weighted by molar-refractivity contribution is -0.121. The molecule has 1 aliphatic rings. The van der Waals surface area contributed by atoms with Gasteiger partial charge in [-0.2, -0.15) is 0 Å². The number of hydrogen-bond donors (Lipinski definition) is 2. The number of carbonyl (C=O) groups is 1. The summed E-state index contributed by atoms with van der Waals surface area (Å²) in [5.74, 6) is 1.39. The van der Waals surface area contributed by atoms with Crippen LogP contribution in [0.15, 0.2) is 36.4 Å². The van der Waals surface area contributed by atoms with Crippen LogP contribution in [-0.4, -0.2) is 27.2 Å². The molecule has 0 aliphatic carbocycles. The summed E-state index contributed by atoms with van der Waals surface area (Å²) in [4.78, 5) is 12.2. The van der Waals surface area contributed by atoms with Crippen molar-refractivity contribution >= 4 is 16.7 Å². The Labute approximate surface area is 150 Å². The van der Waals surface area contributed by atoms with E-state index in [1.165, 1.54) is 6.07 Å². The van der Waals surface area contributed by atoms with Gasteiger partial charge in [0.1, 0.15) is 11.6 Å². The lowest BCUT2D eigenvalue weighted by atomic mass is 10.0. The second kappa shape index (κ2) is 7.21. The van der Waals surface area contributed by atoms with Gasteiger partial charge in [-0.3, -0.25) is 4.79 Å². The average Bonchev–Trinajstić information content (AvgIpc) is 3.09.